The summed E-state index contributed by atoms with van der Waals surface area (Å²) >= 11 is 3.36. The Bertz CT molecular complexity index is 666. The van der Waals surface area contributed by atoms with Crippen LogP contribution in [-0.4, -0.2) is 5.91 Å². The lowest BCUT2D eigenvalue weighted by atomic mass is 10.2. The SMILES string of the molecule is Cc1cccc(O/C(=C\c2ccc(Br)cc2)C(=O)NN)c1. The molecule has 0 aliphatic carbocycles. The smallest absolute Gasteiger partial charge is 0.300 e. The van der Waals surface area contributed by atoms with Crippen LogP contribution in [0.2, 0.25) is 0 Å². The molecular formula is C16H15BrN2O2. The number of aryl methyl sites for hydroxylation is 1. The van der Waals surface area contributed by atoms with Gasteiger partial charge in [-0.1, -0.05) is 40.2 Å². The lowest BCUT2D eigenvalue weighted by molar-refractivity contribution is -0.119. The highest BCUT2D eigenvalue weighted by molar-refractivity contribution is 9.10. The van der Waals surface area contributed by atoms with E-state index in [0.29, 0.717) is 5.75 Å². The van der Waals surface area contributed by atoms with Crippen molar-refractivity contribution in [3.63, 3.8) is 0 Å². The minimum Gasteiger partial charge on any atom is -0.451 e. The standard InChI is InChI=1S/C16H15BrN2O2/c1-11-3-2-4-14(9-11)21-15(16(20)19-18)10-12-5-7-13(17)8-6-12/h2-10H,18H2,1H3,(H,19,20)/b15-10-. The number of hydrogen-bond donors (Lipinski definition) is 2. The topological polar surface area (TPSA) is 64.3 Å². The highest BCUT2D eigenvalue weighted by Gasteiger charge is 2.11. The zero-order valence-corrected chi connectivity index (χ0v) is 13.1. The number of carbonyl (C=O) groups excluding carboxylic acids is 1. The van der Waals surface area contributed by atoms with Gasteiger partial charge in [0.25, 0.3) is 0 Å². The van der Waals surface area contributed by atoms with Gasteiger partial charge < -0.3 is 4.74 Å². The van der Waals surface area contributed by atoms with Gasteiger partial charge in [-0.15, -0.1) is 0 Å². The Morgan fingerprint density at radius 3 is 2.57 bits per heavy atom. The average Bonchev–Trinajstić information content (AvgIpc) is 2.48. The van der Waals surface area contributed by atoms with Crippen LogP contribution in [0.25, 0.3) is 6.08 Å². The Hall–Kier alpha value is -2.11. The van der Waals surface area contributed by atoms with Crippen molar-refractivity contribution < 1.29 is 9.53 Å². The summed E-state index contributed by atoms with van der Waals surface area (Å²) in [6, 6.07) is 15.0. The van der Waals surface area contributed by atoms with Crippen LogP contribution in [0.5, 0.6) is 5.75 Å². The van der Waals surface area contributed by atoms with Crippen LogP contribution in [-0.2, 0) is 4.79 Å². The molecule has 3 N–H and O–H groups in total. The Kier molecular flexibility index (Phi) is 5.14. The van der Waals surface area contributed by atoms with Gasteiger partial charge in [-0.05, 0) is 48.4 Å². The highest BCUT2D eigenvalue weighted by Crippen LogP contribution is 2.18. The number of amides is 1. The van der Waals surface area contributed by atoms with E-state index < -0.39 is 5.91 Å². The van der Waals surface area contributed by atoms with Gasteiger partial charge in [0, 0.05) is 4.47 Å². The third-order valence-electron chi connectivity index (χ3n) is 2.74. The maximum absolute atomic E-state index is 11.8. The minimum absolute atomic E-state index is 0.130. The van der Waals surface area contributed by atoms with Crippen LogP contribution in [0, 0.1) is 6.92 Å². The molecule has 2 aromatic rings. The molecule has 1 amide bonds. The quantitative estimate of drug-likeness (QED) is 0.294. The fraction of sp³-hybridized carbons (Fsp3) is 0.0625. The van der Waals surface area contributed by atoms with E-state index in [1.807, 2.05) is 49.4 Å². The van der Waals surface area contributed by atoms with Gasteiger partial charge >= 0.3 is 5.91 Å². The molecule has 0 aromatic heterocycles. The summed E-state index contributed by atoms with van der Waals surface area (Å²) in [6.45, 7) is 1.95. The van der Waals surface area contributed by atoms with Crippen LogP contribution in [0.3, 0.4) is 0 Å². The van der Waals surface area contributed by atoms with Crippen molar-refractivity contribution in [3.05, 3.63) is 69.9 Å². The predicted octanol–water partition coefficient (Wildman–Crippen LogP) is 3.17. The first-order chi connectivity index (χ1) is 10.1. The van der Waals surface area contributed by atoms with E-state index in [1.54, 1.807) is 12.1 Å². The zero-order chi connectivity index (χ0) is 15.2. The van der Waals surface area contributed by atoms with Crippen molar-refractivity contribution in [1.29, 1.82) is 0 Å². The number of hydrazine groups is 1. The monoisotopic (exact) mass is 346 g/mol. The van der Waals surface area contributed by atoms with Gasteiger partial charge in [0.2, 0.25) is 0 Å². The Labute approximate surface area is 131 Å². The highest BCUT2D eigenvalue weighted by atomic mass is 79.9. The van der Waals surface area contributed by atoms with Crippen molar-refractivity contribution in [2.45, 2.75) is 6.92 Å². The molecule has 108 valence electrons. The van der Waals surface area contributed by atoms with Crippen LogP contribution in [0.1, 0.15) is 11.1 Å². The van der Waals surface area contributed by atoms with Gasteiger partial charge in [-0.25, -0.2) is 5.84 Å². The molecule has 2 aromatic carbocycles. The number of benzene rings is 2. The molecule has 0 aliphatic rings. The maximum Gasteiger partial charge on any atom is 0.300 e. The predicted molar refractivity (Wildman–Crippen MR) is 86.3 cm³/mol. The minimum atomic E-state index is -0.487. The summed E-state index contributed by atoms with van der Waals surface area (Å²) in [6.07, 6.45) is 1.64. The lowest BCUT2D eigenvalue weighted by Gasteiger charge is -2.09. The molecule has 0 bridgehead atoms. The third kappa shape index (κ3) is 4.44. The summed E-state index contributed by atoms with van der Waals surface area (Å²) in [7, 11) is 0. The zero-order valence-electron chi connectivity index (χ0n) is 11.5. The second kappa shape index (κ2) is 7.06. The second-order valence-electron chi connectivity index (χ2n) is 4.45. The fourth-order valence-corrected chi connectivity index (χ4v) is 1.99. The van der Waals surface area contributed by atoms with Gasteiger partial charge in [0.1, 0.15) is 5.75 Å². The molecule has 21 heavy (non-hydrogen) atoms. The molecule has 4 nitrogen and oxygen atoms in total. The number of ether oxygens (including phenoxy) is 1. The van der Waals surface area contributed by atoms with Gasteiger partial charge in [0.05, 0.1) is 0 Å². The number of rotatable bonds is 4. The number of nitrogens with one attached hydrogen (secondary N) is 1. The fourth-order valence-electron chi connectivity index (χ4n) is 1.73. The average molecular weight is 347 g/mol. The van der Waals surface area contributed by atoms with Crippen molar-refractivity contribution in [2.24, 2.45) is 5.84 Å². The summed E-state index contributed by atoms with van der Waals surface area (Å²) in [4.78, 5) is 11.8. The van der Waals surface area contributed by atoms with Crippen LogP contribution in [0.4, 0.5) is 0 Å². The van der Waals surface area contributed by atoms with Gasteiger partial charge in [0.15, 0.2) is 5.76 Å². The van der Waals surface area contributed by atoms with E-state index in [-0.39, 0.29) is 5.76 Å². The Morgan fingerprint density at radius 2 is 1.95 bits per heavy atom. The molecule has 0 saturated carbocycles. The third-order valence-corrected chi connectivity index (χ3v) is 3.27. The molecule has 0 saturated heterocycles. The summed E-state index contributed by atoms with van der Waals surface area (Å²) < 4.78 is 6.60. The Balaban J connectivity index is 2.30. The van der Waals surface area contributed by atoms with Crippen molar-refractivity contribution in [2.75, 3.05) is 0 Å². The summed E-state index contributed by atoms with van der Waals surface area (Å²) in [5.41, 5.74) is 3.97. The van der Waals surface area contributed by atoms with Crippen molar-refractivity contribution >= 4 is 27.9 Å². The normalized spacial score (nSPS) is 11.1. The molecule has 0 spiro atoms. The van der Waals surface area contributed by atoms with Crippen LogP contribution in [0.15, 0.2) is 58.8 Å². The number of hydrogen-bond acceptors (Lipinski definition) is 3. The Morgan fingerprint density at radius 1 is 1.24 bits per heavy atom. The largest absolute Gasteiger partial charge is 0.451 e. The lowest BCUT2D eigenvalue weighted by Crippen LogP contribution is -2.33. The first-order valence-corrected chi connectivity index (χ1v) is 7.10. The van der Waals surface area contributed by atoms with E-state index >= 15 is 0 Å². The molecule has 0 heterocycles. The van der Waals surface area contributed by atoms with Gasteiger partial charge in [-0.3, -0.25) is 10.2 Å². The van der Waals surface area contributed by atoms with Gasteiger partial charge in [-0.2, -0.15) is 0 Å². The van der Waals surface area contributed by atoms with Crippen molar-refractivity contribution in [1.82, 2.24) is 5.43 Å². The first-order valence-electron chi connectivity index (χ1n) is 6.31. The van der Waals surface area contributed by atoms with Crippen molar-refractivity contribution in [3.8, 4) is 5.75 Å². The molecule has 0 aliphatic heterocycles. The molecule has 0 radical (unpaired) electrons. The van der Waals surface area contributed by atoms with Crippen LogP contribution < -0.4 is 16.0 Å². The van der Waals surface area contributed by atoms with E-state index in [9.17, 15) is 4.79 Å². The number of nitrogens with two attached hydrogens (primary N) is 1. The van der Waals surface area contributed by atoms with E-state index in [0.717, 1.165) is 15.6 Å². The number of carbonyl (C=O) groups is 1. The molecule has 0 atom stereocenters. The molecular weight excluding hydrogens is 332 g/mol. The van der Waals surface area contributed by atoms with E-state index in [4.69, 9.17) is 10.6 Å². The molecule has 5 heteroatoms. The number of halogens is 1. The molecule has 0 fully saturated rings. The molecule has 2 rings (SSSR count). The second-order valence-corrected chi connectivity index (χ2v) is 5.37. The summed E-state index contributed by atoms with van der Waals surface area (Å²) in [5, 5.41) is 0. The first kappa shape index (κ1) is 15.3. The van der Waals surface area contributed by atoms with E-state index in [1.165, 1.54) is 0 Å². The van der Waals surface area contributed by atoms with Crippen LogP contribution >= 0.6 is 15.9 Å². The van der Waals surface area contributed by atoms with E-state index in [2.05, 4.69) is 21.4 Å². The molecule has 0 unspecified atom stereocenters. The maximum atomic E-state index is 11.8. The summed E-state index contributed by atoms with van der Waals surface area (Å²) in [5.74, 6) is 5.43.